The quantitative estimate of drug-likeness (QED) is 0.435. The van der Waals surface area contributed by atoms with Crippen molar-refractivity contribution in [2.75, 3.05) is 56.3 Å². The molecular weight excluding hydrogens is 494 g/mol. The van der Waals surface area contributed by atoms with Gasteiger partial charge in [0.05, 0.1) is 38.0 Å². The predicted octanol–water partition coefficient (Wildman–Crippen LogP) is 3.05. The second kappa shape index (κ2) is 12.0. The van der Waals surface area contributed by atoms with Crippen molar-refractivity contribution in [3.63, 3.8) is 0 Å². The lowest BCUT2D eigenvalue weighted by atomic mass is 10.2. The highest BCUT2D eigenvalue weighted by Crippen LogP contribution is 2.35. The largest absolute Gasteiger partial charge is 0.497 e. The lowest BCUT2D eigenvalue weighted by molar-refractivity contribution is -0.119. The molecule has 1 aliphatic heterocycles. The van der Waals surface area contributed by atoms with Crippen LogP contribution in [0.2, 0.25) is 0 Å². The lowest BCUT2D eigenvalue weighted by Gasteiger charge is -2.29. The van der Waals surface area contributed by atoms with Crippen LogP contribution in [-0.2, 0) is 26.1 Å². The number of hydrogen-bond acceptors (Lipinski definition) is 7. The maximum Gasteiger partial charge on any atom is 0.264 e. The zero-order valence-corrected chi connectivity index (χ0v) is 21.7. The van der Waals surface area contributed by atoms with E-state index in [4.69, 9.17) is 14.2 Å². The van der Waals surface area contributed by atoms with E-state index in [1.165, 1.54) is 32.4 Å². The minimum atomic E-state index is -4.09. The normalized spacial score (nSPS) is 13.6. The van der Waals surface area contributed by atoms with Crippen LogP contribution in [0.15, 0.2) is 77.7 Å². The Bertz CT molecular complexity index is 1290. The topological polar surface area (TPSA) is 97.4 Å². The van der Waals surface area contributed by atoms with Gasteiger partial charge in [-0.05, 0) is 42.0 Å². The Morgan fingerprint density at radius 1 is 0.973 bits per heavy atom. The summed E-state index contributed by atoms with van der Waals surface area (Å²) in [5, 5.41) is 2.84. The van der Waals surface area contributed by atoms with Gasteiger partial charge in [0.2, 0.25) is 5.91 Å². The molecule has 1 fully saturated rings. The van der Waals surface area contributed by atoms with E-state index in [9.17, 15) is 13.2 Å². The van der Waals surface area contributed by atoms with Crippen LogP contribution in [0.5, 0.6) is 11.5 Å². The van der Waals surface area contributed by atoms with Crippen molar-refractivity contribution in [2.24, 2.45) is 0 Å². The Labute approximate surface area is 217 Å². The summed E-state index contributed by atoms with van der Waals surface area (Å²) >= 11 is 0. The molecule has 3 aromatic carbocycles. The third kappa shape index (κ3) is 6.33. The first kappa shape index (κ1) is 26.3. The Morgan fingerprint density at radius 3 is 2.32 bits per heavy atom. The van der Waals surface area contributed by atoms with Crippen LogP contribution in [0, 0.1) is 0 Å². The zero-order chi connectivity index (χ0) is 26.3. The van der Waals surface area contributed by atoms with Gasteiger partial charge in [0, 0.05) is 31.4 Å². The van der Waals surface area contributed by atoms with Crippen molar-refractivity contribution in [1.82, 2.24) is 5.32 Å². The third-order valence-corrected chi connectivity index (χ3v) is 7.85. The number of hydrogen-bond donors (Lipinski definition) is 1. The Hall–Kier alpha value is -3.76. The summed E-state index contributed by atoms with van der Waals surface area (Å²) in [5.74, 6) is 0.276. The molecule has 1 aliphatic rings. The molecule has 0 radical (unpaired) electrons. The van der Waals surface area contributed by atoms with E-state index < -0.39 is 22.5 Å². The molecule has 0 aromatic heterocycles. The number of methoxy groups -OCH3 is 2. The molecule has 196 valence electrons. The highest BCUT2D eigenvalue weighted by atomic mass is 32.2. The van der Waals surface area contributed by atoms with Crippen molar-refractivity contribution in [3.8, 4) is 11.5 Å². The molecule has 0 spiro atoms. The van der Waals surface area contributed by atoms with E-state index in [1.807, 2.05) is 24.3 Å². The zero-order valence-electron chi connectivity index (χ0n) is 20.9. The van der Waals surface area contributed by atoms with Gasteiger partial charge in [0.25, 0.3) is 10.0 Å². The van der Waals surface area contributed by atoms with Crippen molar-refractivity contribution >= 4 is 27.3 Å². The van der Waals surface area contributed by atoms with Gasteiger partial charge in [0.1, 0.15) is 18.0 Å². The van der Waals surface area contributed by atoms with Gasteiger partial charge in [0.15, 0.2) is 0 Å². The molecule has 3 aromatic rings. The third-order valence-electron chi connectivity index (χ3n) is 6.08. The fraction of sp³-hybridized carbons (Fsp3) is 0.296. The van der Waals surface area contributed by atoms with Crippen LogP contribution in [-0.4, -0.2) is 61.4 Å². The number of ether oxygens (including phenoxy) is 3. The van der Waals surface area contributed by atoms with E-state index in [1.54, 1.807) is 30.3 Å². The summed E-state index contributed by atoms with van der Waals surface area (Å²) in [5.41, 5.74) is 2.21. The second-order valence-corrected chi connectivity index (χ2v) is 10.3. The van der Waals surface area contributed by atoms with Gasteiger partial charge >= 0.3 is 0 Å². The minimum Gasteiger partial charge on any atom is -0.497 e. The SMILES string of the molecule is COc1ccc(OC)c(N(CC(=O)NCc2ccc(N3CCOCC3)cc2)S(=O)(=O)c2ccccc2)c1. The van der Waals surface area contributed by atoms with Crippen LogP contribution >= 0.6 is 0 Å². The number of morpholine rings is 1. The van der Waals surface area contributed by atoms with Gasteiger partial charge in [-0.2, -0.15) is 0 Å². The molecule has 1 heterocycles. The van der Waals surface area contributed by atoms with Gasteiger partial charge in [-0.25, -0.2) is 8.42 Å². The second-order valence-electron chi connectivity index (χ2n) is 8.41. The molecule has 10 heteroatoms. The number of carbonyl (C=O) groups excluding carboxylic acids is 1. The highest BCUT2D eigenvalue weighted by molar-refractivity contribution is 7.92. The monoisotopic (exact) mass is 525 g/mol. The summed E-state index contributed by atoms with van der Waals surface area (Å²) in [7, 11) is -1.16. The maximum absolute atomic E-state index is 13.6. The summed E-state index contributed by atoms with van der Waals surface area (Å²) < 4.78 is 44.4. The first-order chi connectivity index (χ1) is 17.9. The molecular formula is C27H31N3O6S. The maximum atomic E-state index is 13.6. The van der Waals surface area contributed by atoms with Crippen LogP contribution in [0.1, 0.15) is 5.56 Å². The molecule has 9 nitrogen and oxygen atoms in total. The first-order valence-electron chi connectivity index (χ1n) is 11.9. The summed E-state index contributed by atoms with van der Waals surface area (Å²) in [6.45, 7) is 2.92. The van der Waals surface area contributed by atoms with E-state index in [2.05, 4.69) is 10.2 Å². The number of sulfonamides is 1. The van der Waals surface area contributed by atoms with E-state index in [0.29, 0.717) is 24.7 Å². The van der Waals surface area contributed by atoms with Crippen LogP contribution in [0.25, 0.3) is 0 Å². The van der Waals surface area contributed by atoms with Crippen LogP contribution < -0.4 is 24.0 Å². The smallest absolute Gasteiger partial charge is 0.264 e. The number of carbonyl (C=O) groups is 1. The molecule has 37 heavy (non-hydrogen) atoms. The van der Waals surface area contributed by atoms with E-state index >= 15 is 0 Å². The Balaban J connectivity index is 1.53. The van der Waals surface area contributed by atoms with E-state index in [0.717, 1.165) is 28.6 Å². The van der Waals surface area contributed by atoms with Crippen LogP contribution in [0.4, 0.5) is 11.4 Å². The number of nitrogens with zero attached hydrogens (tertiary/aromatic N) is 2. The minimum absolute atomic E-state index is 0.0615. The number of benzene rings is 3. The molecule has 0 atom stereocenters. The predicted molar refractivity (Wildman–Crippen MR) is 142 cm³/mol. The molecule has 0 saturated carbocycles. The molecule has 0 aliphatic carbocycles. The summed E-state index contributed by atoms with van der Waals surface area (Å²) in [4.78, 5) is 15.3. The van der Waals surface area contributed by atoms with E-state index in [-0.39, 0.29) is 17.1 Å². The average Bonchev–Trinajstić information content (AvgIpc) is 2.95. The van der Waals surface area contributed by atoms with Gasteiger partial charge in [-0.15, -0.1) is 0 Å². The number of nitrogens with one attached hydrogen (secondary N) is 1. The Morgan fingerprint density at radius 2 is 1.68 bits per heavy atom. The van der Waals surface area contributed by atoms with Crippen molar-refractivity contribution in [3.05, 3.63) is 78.4 Å². The summed E-state index contributed by atoms with van der Waals surface area (Å²) in [6.07, 6.45) is 0. The van der Waals surface area contributed by atoms with Gasteiger partial charge < -0.3 is 24.4 Å². The first-order valence-corrected chi connectivity index (χ1v) is 13.3. The van der Waals surface area contributed by atoms with Crippen LogP contribution in [0.3, 0.4) is 0 Å². The lowest BCUT2D eigenvalue weighted by Crippen LogP contribution is -2.41. The summed E-state index contributed by atoms with van der Waals surface area (Å²) in [6, 6.07) is 20.7. The van der Waals surface area contributed by atoms with Crippen molar-refractivity contribution in [1.29, 1.82) is 0 Å². The van der Waals surface area contributed by atoms with Gasteiger partial charge in [-0.1, -0.05) is 30.3 Å². The Kier molecular flexibility index (Phi) is 8.52. The molecule has 1 N–H and O–H groups in total. The molecule has 1 amide bonds. The number of rotatable bonds is 10. The molecule has 4 rings (SSSR count). The van der Waals surface area contributed by atoms with Gasteiger partial charge in [-0.3, -0.25) is 9.10 Å². The van der Waals surface area contributed by atoms with Crippen molar-refractivity contribution in [2.45, 2.75) is 11.4 Å². The highest BCUT2D eigenvalue weighted by Gasteiger charge is 2.29. The number of amides is 1. The molecule has 0 bridgehead atoms. The standard InChI is InChI=1S/C27H31N3O6S/c1-34-23-12-13-26(35-2)25(18-23)30(37(32,33)24-6-4-3-5-7-24)20-27(31)28-19-21-8-10-22(11-9-21)29-14-16-36-17-15-29/h3-13,18H,14-17,19-20H2,1-2H3,(H,28,31). The number of anilines is 2. The van der Waals surface area contributed by atoms with Crippen molar-refractivity contribution < 1.29 is 27.4 Å². The fourth-order valence-electron chi connectivity index (χ4n) is 4.04. The average molecular weight is 526 g/mol. The molecule has 0 unspecified atom stereocenters. The fourth-order valence-corrected chi connectivity index (χ4v) is 5.49. The molecule has 1 saturated heterocycles.